The minimum absolute atomic E-state index is 0.0436. The van der Waals surface area contributed by atoms with Gasteiger partial charge in [0, 0.05) is 42.7 Å². The average Bonchev–Trinajstić information content (AvgIpc) is 3.40. The maximum atomic E-state index is 15.0. The number of pyridine rings is 1. The number of aliphatic imine (C=N–C) groups is 1. The Bertz CT molecular complexity index is 1540. The lowest BCUT2D eigenvalue weighted by molar-refractivity contribution is 0.102. The maximum Gasteiger partial charge on any atom is 0.255 e. The first-order valence-corrected chi connectivity index (χ1v) is 11.8. The van der Waals surface area contributed by atoms with Crippen molar-refractivity contribution in [2.45, 2.75) is 26.2 Å². The Morgan fingerprint density at radius 2 is 2.05 bits per heavy atom. The van der Waals surface area contributed by atoms with Crippen LogP contribution in [0.15, 0.2) is 41.7 Å². The van der Waals surface area contributed by atoms with Crippen LogP contribution in [0, 0.1) is 24.1 Å². The Balaban J connectivity index is 1.52. The lowest BCUT2D eigenvalue weighted by atomic mass is 9.90. The molecule has 1 amide bonds. The molecule has 0 radical (unpaired) electrons. The summed E-state index contributed by atoms with van der Waals surface area (Å²) in [5.41, 5.74) is 3.00. The second-order valence-corrected chi connectivity index (χ2v) is 9.41. The van der Waals surface area contributed by atoms with E-state index in [1.165, 1.54) is 18.3 Å². The maximum absolute atomic E-state index is 15.0. The molecule has 3 aromatic rings. The smallest absolute Gasteiger partial charge is 0.255 e. The summed E-state index contributed by atoms with van der Waals surface area (Å²) in [5, 5.41) is 15.1. The highest BCUT2D eigenvalue weighted by atomic mass is 19.1. The molecular formula is C27H25FN8O. The van der Waals surface area contributed by atoms with Crippen molar-refractivity contribution >= 4 is 40.8 Å². The van der Waals surface area contributed by atoms with Crippen molar-refractivity contribution in [1.29, 1.82) is 5.26 Å². The van der Waals surface area contributed by atoms with Gasteiger partial charge in [-0.1, -0.05) is 0 Å². The summed E-state index contributed by atoms with van der Waals surface area (Å²) < 4.78 is 15.0. The van der Waals surface area contributed by atoms with E-state index in [-0.39, 0.29) is 11.3 Å². The highest BCUT2D eigenvalue weighted by Crippen LogP contribution is 2.37. The number of rotatable bonds is 5. The molecule has 0 atom stereocenters. The fraction of sp³-hybridized carbons (Fsp3) is 0.259. The molecule has 0 aliphatic carbocycles. The van der Waals surface area contributed by atoms with Crippen LogP contribution in [-0.2, 0) is 5.41 Å². The van der Waals surface area contributed by atoms with Gasteiger partial charge in [0.15, 0.2) is 0 Å². The van der Waals surface area contributed by atoms with Crippen molar-refractivity contribution in [2.75, 3.05) is 35.7 Å². The van der Waals surface area contributed by atoms with Gasteiger partial charge in [-0.05, 0) is 62.2 Å². The normalized spacial score (nSPS) is 14.2. The number of fused-ring (bicyclic) bond motifs is 3. The van der Waals surface area contributed by atoms with E-state index in [0.717, 1.165) is 28.4 Å². The van der Waals surface area contributed by atoms with E-state index in [1.807, 2.05) is 17.9 Å². The number of hydrogen-bond donors (Lipinski definition) is 2. The molecule has 0 saturated heterocycles. The fourth-order valence-electron chi connectivity index (χ4n) is 4.35. The van der Waals surface area contributed by atoms with Crippen LogP contribution in [0.4, 0.5) is 21.8 Å². The van der Waals surface area contributed by atoms with Crippen LogP contribution < -0.4 is 15.5 Å². The first-order valence-electron chi connectivity index (χ1n) is 11.8. The SMILES string of the molecule is CNc1ncc2c(n1)N1CCN=C1C(c1cc(NC(=O)c3ccnc(C(C)(C)C#N)c3)c(F)cc1C)=C2. The Hall–Kier alpha value is -4.65. The molecule has 0 fully saturated rings. The van der Waals surface area contributed by atoms with E-state index >= 15 is 4.39 Å². The number of anilines is 3. The van der Waals surface area contributed by atoms with Gasteiger partial charge in [-0.25, -0.2) is 9.37 Å². The molecule has 2 aliphatic heterocycles. The molecule has 0 unspecified atom stereocenters. The number of nitrogens with one attached hydrogen (secondary N) is 2. The van der Waals surface area contributed by atoms with E-state index < -0.39 is 17.1 Å². The van der Waals surface area contributed by atoms with Crippen LogP contribution in [0.2, 0.25) is 0 Å². The summed E-state index contributed by atoms with van der Waals surface area (Å²) in [6, 6.07) is 8.29. The highest BCUT2D eigenvalue weighted by molar-refractivity contribution is 6.36. The third-order valence-electron chi connectivity index (χ3n) is 6.45. The molecule has 2 aliphatic rings. The molecule has 4 heterocycles. The summed E-state index contributed by atoms with van der Waals surface area (Å²) in [4.78, 5) is 32.9. The Labute approximate surface area is 213 Å². The van der Waals surface area contributed by atoms with E-state index in [9.17, 15) is 10.1 Å². The molecule has 186 valence electrons. The van der Waals surface area contributed by atoms with Gasteiger partial charge in [-0.15, -0.1) is 0 Å². The minimum Gasteiger partial charge on any atom is -0.357 e. The van der Waals surface area contributed by atoms with E-state index in [2.05, 4.69) is 31.7 Å². The van der Waals surface area contributed by atoms with Gasteiger partial charge in [0.05, 0.1) is 29.4 Å². The second-order valence-electron chi connectivity index (χ2n) is 9.41. The van der Waals surface area contributed by atoms with Gasteiger partial charge in [0.25, 0.3) is 5.91 Å². The van der Waals surface area contributed by atoms with Gasteiger partial charge in [0.2, 0.25) is 5.95 Å². The van der Waals surface area contributed by atoms with Crippen molar-refractivity contribution in [3.63, 3.8) is 0 Å². The summed E-state index contributed by atoms with van der Waals surface area (Å²) in [7, 11) is 1.76. The third-order valence-corrected chi connectivity index (χ3v) is 6.45. The Morgan fingerprint density at radius 3 is 2.81 bits per heavy atom. The highest BCUT2D eigenvalue weighted by Gasteiger charge is 2.31. The van der Waals surface area contributed by atoms with Crippen LogP contribution in [-0.4, -0.2) is 46.8 Å². The van der Waals surface area contributed by atoms with Gasteiger partial charge in [-0.2, -0.15) is 10.2 Å². The Morgan fingerprint density at radius 1 is 1.24 bits per heavy atom. The minimum atomic E-state index is -0.867. The lowest BCUT2D eigenvalue weighted by Crippen LogP contribution is -2.32. The number of hydrogen-bond acceptors (Lipinski definition) is 8. The van der Waals surface area contributed by atoms with Gasteiger partial charge >= 0.3 is 0 Å². The number of aromatic nitrogens is 3. The molecule has 1 aromatic carbocycles. The molecule has 0 spiro atoms. The standard InChI is InChI=1S/C27H25FN8O/c1-15-9-20(28)21(34-25(37)16-5-6-31-22(11-16)27(2,3)14-29)12-18(15)19-10-17-13-33-26(30-4)35-23(17)36-8-7-32-24(19)36/h5-6,9-13H,7-8H2,1-4H3,(H,34,37)(H,30,33,35). The van der Waals surface area contributed by atoms with Crippen LogP contribution in [0.3, 0.4) is 0 Å². The van der Waals surface area contributed by atoms with Crippen LogP contribution in [0.1, 0.15) is 46.6 Å². The number of benzene rings is 1. The predicted octanol–water partition coefficient (Wildman–Crippen LogP) is 4.19. The fourth-order valence-corrected chi connectivity index (χ4v) is 4.35. The number of carbonyl (C=O) groups is 1. The molecule has 9 nitrogen and oxygen atoms in total. The van der Waals surface area contributed by atoms with Crippen molar-refractivity contribution in [3.05, 3.63) is 70.4 Å². The zero-order valence-electron chi connectivity index (χ0n) is 20.9. The van der Waals surface area contributed by atoms with Crippen molar-refractivity contribution in [1.82, 2.24) is 15.0 Å². The third kappa shape index (κ3) is 4.29. The van der Waals surface area contributed by atoms with E-state index in [1.54, 1.807) is 39.2 Å². The number of amides is 1. The number of carbonyl (C=O) groups excluding carboxylic acids is 1. The van der Waals surface area contributed by atoms with Crippen molar-refractivity contribution in [3.8, 4) is 6.07 Å². The zero-order valence-corrected chi connectivity index (χ0v) is 20.9. The van der Waals surface area contributed by atoms with Crippen molar-refractivity contribution < 1.29 is 9.18 Å². The van der Waals surface area contributed by atoms with Crippen molar-refractivity contribution in [2.24, 2.45) is 4.99 Å². The predicted molar refractivity (Wildman–Crippen MR) is 141 cm³/mol. The lowest BCUT2D eigenvalue weighted by Gasteiger charge is -2.28. The average molecular weight is 497 g/mol. The number of amidine groups is 1. The number of nitriles is 1. The molecule has 2 N–H and O–H groups in total. The summed E-state index contributed by atoms with van der Waals surface area (Å²) >= 11 is 0. The topological polar surface area (TPSA) is 119 Å². The summed E-state index contributed by atoms with van der Waals surface area (Å²) in [6.45, 7) is 6.54. The molecule has 37 heavy (non-hydrogen) atoms. The van der Waals surface area contributed by atoms with Crippen LogP contribution >= 0.6 is 0 Å². The van der Waals surface area contributed by atoms with E-state index in [0.29, 0.717) is 30.3 Å². The van der Waals surface area contributed by atoms with Gasteiger partial charge in [-0.3, -0.25) is 14.8 Å². The Kier molecular flexibility index (Phi) is 5.91. The zero-order chi connectivity index (χ0) is 26.3. The first-order chi connectivity index (χ1) is 17.7. The summed E-state index contributed by atoms with van der Waals surface area (Å²) in [6.07, 6.45) is 5.16. The number of aryl methyl sites for hydroxylation is 1. The summed E-state index contributed by atoms with van der Waals surface area (Å²) in [5.74, 6) is 0.980. The second kappa shape index (κ2) is 9.09. The number of halogens is 1. The van der Waals surface area contributed by atoms with E-state index in [4.69, 9.17) is 4.99 Å². The molecule has 2 aromatic heterocycles. The van der Waals surface area contributed by atoms with Crippen LogP contribution in [0.5, 0.6) is 0 Å². The monoisotopic (exact) mass is 496 g/mol. The van der Waals surface area contributed by atoms with Crippen LogP contribution in [0.25, 0.3) is 11.6 Å². The van der Waals surface area contributed by atoms with Gasteiger partial charge in [0.1, 0.15) is 17.5 Å². The largest absolute Gasteiger partial charge is 0.357 e. The molecule has 10 heteroatoms. The molecular weight excluding hydrogens is 471 g/mol. The molecule has 0 saturated carbocycles. The quantitative estimate of drug-likeness (QED) is 0.544. The molecule has 0 bridgehead atoms. The number of nitrogens with zero attached hydrogens (tertiary/aromatic N) is 6. The van der Waals surface area contributed by atoms with Gasteiger partial charge < -0.3 is 15.5 Å². The first kappa shape index (κ1) is 24.1. The molecule has 5 rings (SSSR count).